The molecular formula is C15H18N4O. The minimum Gasteiger partial charge on any atom is -0.352 e. The number of hydrogen-bond donors (Lipinski definition) is 2. The molecule has 1 aliphatic rings. The highest BCUT2D eigenvalue weighted by molar-refractivity contribution is 6.04. The van der Waals surface area contributed by atoms with Crippen molar-refractivity contribution in [3.63, 3.8) is 0 Å². The smallest absolute Gasteiger partial charge is 0.253 e. The highest BCUT2D eigenvalue weighted by atomic mass is 16.1. The molecule has 0 saturated carbocycles. The molecule has 1 aromatic carbocycles. The fourth-order valence-corrected chi connectivity index (χ4v) is 2.63. The van der Waals surface area contributed by atoms with Gasteiger partial charge < -0.3 is 10.6 Å². The second-order valence-corrected chi connectivity index (χ2v) is 5.07. The predicted molar refractivity (Wildman–Crippen MR) is 77.5 cm³/mol. The molecule has 2 N–H and O–H groups in total. The monoisotopic (exact) mass is 270 g/mol. The maximum absolute atomic E-state index is 12.2. The van der Waals surface area contributed by atoms with E-state index < -0.39 is 0 Å². The third kappa shape index (κ3) is 2.77. The van der Waals surface area contributed by atoms with E-state index in [0.717, 1.165) is 18.5 Å². The van der Waals surface area contributed by atoms with Gasteiger partial charge in [-0.1, -0.05) is 6.07 Å². The first-order valence-electron chi connectivity index (χ1n) is 7.06. The second kappa shape index (κ2) is 5.96. The Kier molecular flexibility index (Phi) is 3.87. The van der Waals surface area contributed by atoms with Crippen LogP contribution in [0.5, 0.6) is 0 Å². The maximum atomic E-state index is 12.2. The Hall–Kier alpha value is -2.01. The number of nitrogens with zero attached hydrogens (tertiary/aromatic N) is 2. The molecule has 0 bridgehead atoms. The molecule has 2 heterocycles. The molecule has 2 aromatic rings. The first kappa shape index (κ1) is 13.0. The van der Waals surface area contributed by atoms with E-state index in [1.807, 2.05) is 12.1 Å². The van der Waals surface area contributed by atoms with Crippen molar-refractivity contribution in [2.45, 2.75) is 25.3 Å². The van der Waals surface area contributed by atoms with Gasteiger partial charge in [-0.15, -0.1) is 0 Å². The molecule has 0 spiro atoms. The lowest BCUT2D eigenvalue weighted by Crippen LogP contribution is -2.30. The number of nitrogens with one attached hydrogen (secondary N) is 2. The van der Waals surface area contributed by atoms with Crippen molar-refractivity contribution < 1.29 is 4.79 Å². The third-order valence-corrected chi connectivity index (χ3v) is 3.68. The summed E-state index contributed by atoms with van der Waals surface area (Å²) in [6, 6.07) is 6.04. The molecule has 104 valence electrons. The van der Waals surface area contributed by atoms with E-state index in [-0.39, 0.29) is 5.91 Å². The summed E-state index contributed by atoms with van der Waals surface area (Å²) in [5, 5.41) is 6.40. The standard InChI is InChI=1S/C15H18N4O/c20-15(19-8-6-11-3-2-7-16-11)12-4-1-5-13-14(12)18-10-9-17-13/h1,4-5,9-11,16H,2-3,6-8H2,(H,19,20). The van der Waals surface area contributed by atoms with Crippen molar-refractivity contribution in [3.8, 4) is 0 Å². The van der Waals surface area contributed by atoms with Crippen molar-refractivity contribution in [1.82, 2.24) is 20.6 Å². The first-order valence-corrected chi connectivity index (χ1v) is 7.06. The topological polar surface area (TPSA) is 66.9 Å². The third-order valence-electron chi connectivity index (χ3n) is 3.68. The van der Waals surface area contributed by atoms with Crippen LogP contribution in [-0.4, -0.2) is 35.0 Å². The summed E-state index contributed by atoms with van der Waals surface area (Å²) in [5.41, 5.74) is 2.00. The van der Waals surface area contributed by atoms with Gasteiger partial charge in [0.2, 0.25) is 0 Å². The Bertz CT molecular complexity index is 602. The van der Waals surface area contributed by atoms with Crippen LogP contribution in [0.1, 0.15) is 29.6 Å². The average Bonchev–Trinajstić information content (AvgIpc) is 3.00. The van der Waals surface area contributed by atoms with Gasteiger partial charge in [-0.25, -0.2) is 0 Å². The van der Waals surface area contributed by atoms with Gasteiger partial charge in [-0.05, 0) is 37.9 Å². The molecule has 5 nitrogen and oxygen atoms in total. The highest BCUT2D eigenvalue weighted by Crippen LogP contribution is 2.13. The van der Waals surface area contributed by atoms with Gasteiger partial charge in [-0.3, -0.25) is 14.8 Å². The molecule has 20 heavy (non-hydrogen) atoms. The summed E-state index contributed by atoms with van der Waals surface area (Å²) < 4.78 is 0. The number of benzene rings is 1. The van der Waals surface area contributed by atoms with Crippen molar-refractivity contribution >= 4 is 16.9 Å². The van der Waals surface area contributed by atoms with Crippen molar-refractivity contribution in [2.75, 3.05) is 13.1 Å². The van der Waals surface area contributed by atoms with Crippen LogP contribution in [0.2, 0.25) is 0 Å². The van der Waals surface area contributed by atoms with E-state index >= 15 is 0 Å². The van der Waals surface area contributed by atoms with Gasteiger partial charge in [0, 0.05) is 25.0 Å². The molecule has 0 radical (unpaired) electrons. The molecule has 1 atom stereocenters. The number of para-hydroxylation sites is 1. The van der Waals surface area contributed by atoms with Crippen LogP contribution in [0.25, 0.3) is 11.0 Å². The summed E-state index contributed by atoms with van der Waals surface area (Å²) >= 11 is 0. The number of amides is 1. The molecule has 0 aliphatic carbocycles. The molecule has 5 heteroatoms. The van der Waals surface area contributed by atoms with Crippen molar-refractivity contribution in [2.24, 2.45) is 0 Å². The Labute approximate surface area is 117 Å². The Balaban J connectivity index is 1.66. The first-order chi connectivity index (χ1) is 9.84. The second-order valence-electron chi connectivity index (χ2n) is 5.07. The molecule has 1 aromatic heterocycles. The molecule has 1 unspecified atom stereocenters. The van der Waals surface area contributed by atoms with Crippen LogP contribution in [-0.2, 0) is 0 Å². The molecule has 3 rings (SSSR count). The van der Waals surface area contributed by atoms with Gasteiger partial charge in [0.1, 0.15) is 5.52 Å². The average molecular weight is 270 g/mol. The van der Waals surface area contributed by atoms with Crippen LogP contribution in [0.4, 0.5) is 0 Å². The van der Waals surface area contributed by atoms with Gasteiger partial charge in [-0.2, -0.15) is 0 Å². The van der Waals surface area contributed by atoms with Crippen LogP contribution >= 0.6 is 0 Å². The van der Waals surface area contributed by atoms with E-state index in [9.17, 15) is 4.79 Å². The largest absolute Gasteiger partial charge is 0.352 e. The van der Waals surface area contributed by atoms with Crippen LogP contribution in [0.3, 0.4) is 0 Å². The van der Waals surface area contributed by atoms with Gasteiger partial charge >= 0.3 is 0 Å². The number of aromatic nitrogens is 2. The van der Waals surface area contributed by atoms with E-state index in [1.165, 1.54) is 12.8 Å². The number of fused-ring (bicyclic) bond motifs is 1. The fraction of sp³-hybridized carbons (Fsp3) is 0.400. The lowest BCUT2D eigenvalue weighted by molar-refractivity contribution is 0.0954. The van der Waals surface area contributed by atoms with Crippen LogP contribution in [0.15, 0.2) is 30.6 Å². The number of hydrogen-bond acceptors (Lipinski definition) is 4. The van der Waals surface area contributed by atoms with Crippen LogP contribution in [0, 0.1) is 0 Å². The highest BCUT2D eigenvalue weighted by Gasteiger charge is 2.15. The zero-order valence-electron chi connectivity index (χ0n) is 11.3. The molecule has 1 fully saturated rings. The lowest BCUT2D eigenvalue weighted by atomic mass is 10.1. The lowest BCUT2D eigenvalue weighted by Gasteiger charge is -2.11. The number of rotatable bonds is 4. The predicted octanol–water partition coefficient (Wildman–Crippen LogP) is 1.50. The van der Waals surface area contributed by atoms with Gasteiger partial charge in [0.25, 0.3) is 5.91 Å². The Morgan fingerprint density at radius 2 is 2.25 bits per heavy atom. The summed E-state index contributed by atoms with van der Waals surface area (Å²) in [7, 11) is 0. The number of carbonyl (C=O) groups excluding carboxylic acids is 1. The Morgan fingerprint density at radius 3 is 3.10 bits per heavy atom. The summed E-state index contributed by atoms with van der Waals surface area (Å²) in [6.45, 7) is 1.78. The molecule has 1 saturated heterocycles. The van der Waals surface area contributed by atoms with E-state index in [0.29, 0.717) is 23.7 Å². The normalized spacial score (nSPS) is 18.3. The van der Waals surface area contributed by atoms with Gasteiger partial charge in [0.15, 0.2) is 0 Å². The fourth-order valence-electron chi connectivity index (χ4n) is 2.63. The summed E-state index contributed by atoms with van der Waals surface area (Å²) in [6.07, 6.45) is 6.66. The zero-order chi connectivity index (χ0) is 13.8. The van der Waals surface area contributed by atoms with Crippen LogP contribution < -0.4 is 10.6 Å². The Morgan fingerprint density at radius 1 is 1.35 bits per heavy atom. The SMILES string of the molecule is O=C(NCCC1CCCN1)c1cccc2nccnc12. The molecular weight excluding hydrogens is 252 g/mol. The van der Waals surface area contributed by atoms with Crippen molar-refractivity contribution in [1.29, 1.82) is 0 Å². The quantitative estimate of drug-likeness (QED) is 0.883. The van der Waals surface area contributed by atoms with Gasteiger partial charge in [0.05, 0.1) is 11.1 Å². The summed E-state index contributed by atoms with van der Waals surface area (Å²) in [5.74, 6) is -0.0749. The van der Waals surface area contributed by atoms with Crippen molar-refractivity contribution in [3.05, 3.63) is 36.2 Å². The van der Waals surface area contributed by atoms with E-state index in [1.54, 1.807) is 18.5 Å². The maximum Gasteiger partial charge on any atom is 0.253 e. The molecule has 1 amide bonds. The zero-order valence-corrected chi connectivity index (χ0v) is 11.3. The number of carbonyl (C=O) groups is 1. The minimum atomic E-state index is -0.0749. The molecule has 1 aliphatic heterocycles. The van der Waals surface area contributed by atoms with E-state index in [2.05, 4.69) is 20.6 Å². The van der Waals surface area contributed by atoms with E-state index in [4.69, 9.17) is 0 Å². The summed E-state index contributed by atoms with van der Waals surface area (Å²) in [4.78, 5) is 20.7. The minimum absolute atomic E-state index is 0.0749.